The lowest BCUT2D eigenvalue weighted by atomic mass is 10.3. The molecule has 1 rings (SSSR count). The van der Waals surface area contributed by atoms with Crippen molar-refractivity contribution in [2.75, 3.05) is 0 Å². The Morgan fingerprint density at radius 1 is 1.54 bits per heavy atom. The van der Waals surface area contributed by atoms with Gasteiger partial charge < -0.3 is 0 Å². The van der Waals surface area contributed by atoms with Crippen molar-refractivity contribution in [1.29, 1.82) is 0 Å². The zero-order chi connectivity index (χ0) is 9.90. The Bertz CT molecular complexity index is 239. The molecule has 0 saturated heterocycles. The summed E-state index contributed by atoms with van der Waals surface area (Å²) in [5.74, 6) is 0. The average molecular weight is 216 g/mol. The molecule has 0 aliphatic rings. The average Bonchev–Trinajstić information content (AvgIpc) is 2.50. The maximum absolute atomic E-state index is 4.06. The largest absolute Gasteiger partial charge is 0.256 e. The molecule has 0 bridgehead atoms. The predicted octanol–water partition coefficient (Wildman–Crippen LogP) is 3.24. The normalized spacial score (nSPS) is 14.5. The lowest BCUT2D eigenvalue weighted by Crippen LogP contribution is -2.19. The van der Waals surface area contributed by atoms with Gasteiger partial charge in [-0.15, -0.1) is 11.3 Å². The molecule has 0 aliphatic heterocycles. The quantitative estimate of drug-likeness (QED) is 0.785. The second-order valence-electron chi connectivity index (χ2n) is 3.96. The third kappa shape index (κ3) is 4.11. The summed E-state index contributed by atoms with van der Waals surface area (Å²) in [5, 5.41) is 0. The Balaban J connectivity index is 2.39. The first-order valence-electron chi connectivity index (χ1n) is 4.31. The molecule has 0 saturated carbocycles. The SMILES string of the molecule is C[C@H](NSC(C)(C)C)c1cncs1. The van der Waals surface area contributed by atoms with Crippen molar-refractivity contribution in [2.24, 2.45) is 0 Å². The number of thiazole rings is 1. The van der Waals surface area contributed by atoms with E-state index in [1.54, 1.807) is 23.3 Å². The van der Waals surface area contributed by atoms with Crippen molar-refractivity contribution in [1.82, 2.24) is 9.71 Å². The highest BCUT2D eigenvalue weighted by molar-refractivity contribution is 7.98. The van der Waals surface area contributed by atoms with Crippen LogP contribution in [0.15, 0.2) is 11.7 Å². The Morgan fingerprint density at radius 3 is 2.69 bits per heavy atom. The molecular formula is C9H16N2S2. The first-order valence-corrected chi connectivity index (χ1v) is 6.00. The van der Waals surface area contributed by atoms with Gasteiger partial charge in [0.1, 0.15) is 0 Å². The zero-order valence-electron chi connectivity index (χ0n) is 8.50. The lowest BCUT2D eigenvalue weighted by Gasteiger charge is -2.20. The topological polar surface area (TPSA) is 24.9 Å². The fourth-order valence-electron chi connectivity index (χ4n) is 0.763. The van der Waals surface area contributed by atoms with Gasteiger partial charge >= 0.3 is 0 Å². The van der Waals surface area contributed by atoms with Gasteiger partial charge in [-0.2, -0.15) is 0 Å². The molecule has 0 spiro atoms. The Hall–Kier alpha value is -0.0600. The maximum Gasteiger partial charge on any atom is 0.0794 e. The minimum Gasteiger partial charge on any atom is -0.256 e. The van der Waals surface area contributed by atoms with Gasteiger partial charge in [-0.05, 0) is 27.7 Å². The Kier molecular flexibility index (Phi) is 3.76. The van der Waals surface area contributed by atoms with E-state index in [0.29, 0.717) is 6.04 Å². The van der Waals surface area contributed by atoms with E-state index in [4.69, 9.17) is 0 Å². The first-order chi connectivity index (χ1) is 5.99. The van der Waals surface area contributed by atoms with E-state index in [2.05, 4.69) is 37.4 Å². The molecule has 0 fully saturated rings. The van der Waals surface area contributed by atoms with E-state index in [-0.39, 0.29) is 4.75 Å². The Morgan fingerprint density at radius 2 is 2.23 bits per heavy atom. The van der Waals surface area contributed by atoms with Crippen LogP contribution >= 0.6 is 23.3 Å². The number of hydrogen-bond donors (Lipinski definition) is 1. The van der Waals surface area contributed by atoms with Crippen LogP contribution in [0.4, 0.5) is 0 Å². The van der Waals surface area contributed by atoms with E-state index in [0.717, 1.165) is 0 Å². The van der Waals surface area contributed by atoms with Crippen LogP contribution in [0.25, 0.3) is 0 Å². The van der Waals surface area contributed by atoms with E-state index in [9.17, 15) is 0 Å². The summed E-state index contributed by atoms with van der Waals surface area (Å²) in [6, 6.07) is 0.386. The van der Waals surface area contributed by atoms with Gasteiger partial charge in [0.25, 0.3) is 0 Å². The third-order valence-electron chi connectivity index (χ3n) is 1.42. The van der Waals surface area contributed by atoms with E-state index in [1.165, 1.54) is 4.88 Å². The van der Waals surface area contributed by atoms with Crippen LogP contribution in [0, 0.1) is 0 Å². The monoisotopic (exact) mass is 216 g/mol. The summed E-state index contributed by atoms with van der Waals surface area (Å²) >= 11 is 3.46. The van der Waals surface area contributed by atoms with Crippen molar-refractivity contribution < 1.29 is 0 Å². The summed E-state index contributed by atoms with van der Waals surface area (Å²) in [6.45, 7) is 8.75. The molecule has 1 aromatic heterocycles. The zero-order valence-corrected chi connectivity index (χ0v) is 10.1. The van der Waals surface area contributed by atoms with Crippen LogP contribution < -0.4 is 4.72 Å². The molecule has 1 heterocycles. The fourth-order valence-corrected chi connectivity index (χ4v) is 2.12. The van der Waals surface area contributed by atoms with Crippen molar-refractivity contribution in [3.63, 3.8) is 0 Å². The summed E-state index contributed by atoms with van der Waals surface area (Å²) < 4.78 is 3.67. The highest BCUT2D eigenvalue weighted by atomic mass is 32.2. The second-order valence-corrected chi connectivity index (χ2v) is 6.54. The van der Waals surface area contributed by atoms with Crippen LogP contribution in [0.5, 0.6) is 0 Å². The van der Waals surface area contributed by atoms with Crippen LogP contribution in [0.1, 0.15) is 38.6 Å². The minimum absolute atomic E-state index is 0.263. The molecule has 1 atom stereocenters. The van der Waals surface area contributed by atoms with Gasteiger partial charge in [-0.1, -0.05) is 11.9 Å². The standard InChI is InChI=1S/C9H16N2S2/c1-7(8-5-10-6-12-8)11-13-9(2,3)4/h5-7,11H,1-4H3/t7-/m0/s1. The van der Waals surface area contributed by atoms with Gasteiger partial charge in [0.05, 0.1) is 11.6 Å². The molecule has 1 N–H and O–H groups in total. The summed E-state index contributed by atoms with van der Waals surface area (Å²) in [4.78, 5) is 5.35. The number of rotatable bonds is 3. The molecule has 0 aliphatic carbocycles. The van der Waals surface area contributed by atoms with Crippen LogP contribution in [-0.2, 0) is 0 Å². The van der Waals surface area contributed by atoms with Crippen LogP contribution in [-0.4, -0.2) is 9.73 Å². The highest BCUT2D eigenvalue weighted by Gasteiger charge is 2.14. The van der Waals surface area contributed by atoms with Gasteiger partial charge in [0.2, 0.25) is 0 Å². The van der Waals surface area contributed by atoms with E-state index in [1.807, 2.05) is 11.7 Å². The summed E-state index contributed by atoms with van der Waals surface area (Å²) in [6.07, 6.45) is 1.92. The number of nitrogens with zero attached hydrogens (tertiary/aromatic N) is 1. The van der Waals surface area contributed by atoms with Gasteiger partial charge in [0.15, 0.2) is 0 Å². The predicted molar refractivity (Wildman–Crippen MR) is 61.0 cm³/mol. The Labute approximate surface area is 88.3 Å². The van der Waals surface area contributed by atoms with E-state index >= 15 is 0 Å². The van der Waals surface area contributed by atoms with Crippen LogP contribution in [0.2, 0.25) is 0 Å². The van der Waals surface area contributed by atoms with Crippen molar-refractivity contribution in [3.05, 3.63) is 16.6 Å². The van der Waals surface area contributed by atoms with Crippen LogP contribution in [0.3, 0.4) is 0 Å². The molecule has 0 radical (unpaired) electrons. The number of hydrogen-bond acceptors (Lipinski definition) is 4. The molecule has 0 unspecified atom stereocenters. The molecule has 13 heavy (non-hydrogen) atoms. The van der Waals surface area contributed by atoms with Crippen molar-refractivity contribution in [3.8, 4) is 0 Å². The molecule has 2 nitrogen and oxygen atoms in total. The molecule has 0 amide bonds. The van der Waals surface area contributed by atoms with Gasteiger partial charge in [-0.3, -0.25) is 9.71 Å². The third-order valence-corrected chi connectivity index (χ3v) is 3.46. The van der Waals surface area contributed by atoms with Gasteiger partial charge in [-0.25, -0.2) is 0 Å². The van der Waals surface area contributed by atoms with Crippen molar-refractivity contribution >= 4 is 23.3 Å². The van der Waals surface area contributed by atoms with Crippen molar-refractivity contribution in [2.45, 2.75) is 38.5 Å². The fraction of sp³-hybridized carbons (Fsp3) is 0.667. The summed E-state index contributed by atoms with van der Waals surface area (Å²) in [7, 11) is 0. The maximum atomic E-state index is 4.06. The molecule has 74 valence electrons. The number of aromatic nitrogens is 1. The molecule has 1 aromatic rings. The van der Waals surface area contributed by atoms with E-state index < -0.39 is 0 Å². The lowest BCUT2D eigenvalue weighted by molar-refractivity contribution is 0.733. The second kappa shape index (κ2) is 4.44. The summed E-state index contributed by atoms with van der Waals surface area (Å²) in [5.41, 5.74) is 1.87. The van der Waals surface area contributed by atoms with Gasteiger partial charge in [0, 0.05) is 15.8 Å². The highest BCUT2D eigenvalue weighted by Crippen LogP contribution is 2.25. The first kappa shape index (κ1) is 11.0. The molecular weight excluding hydrogens is 200 g/mol. The smallest absolute Gasteiger partial charge is 0.0794 e. The molecule has 0 aromatic carbocycles. The molecule has 4 heteroatoms. The number of nitrogens with one attached hydrogen (secondary N) is 1. The minimum atomic E-state index is 0.263.